The van der Waals surface area contributed by atoms with E-state index in [1.165, 1.54) is 29.0 Å². The van der Waals surface area contributed by atoms with E-state index in [0.29, 0.717) is 28.5 Å². The molecule has 4 aromatic rings. The van der Waals surface area contributed by atoms with Gasteiger partial charge in [-0.3, -0.25) is 0 Å². The number of nitrogens with zero attached hydrogens (tertiary/aromatic N) is 3. The third-order valence-electron chi connectivity index (χ3n) is 3.66. The summed E-state index contributed by atoms with van der Waals surface area (Å²) in [6.45, 7) is 2.10. The Morgan fingerprint density at radius 2 is 2.00 bits per heavy atom. The largest absolute Gasteiger partial charge is 0.462 e. The minimum absolute atomic E-state index is 0.319. The molecule has 0 fully saturated rings. The summed E-state index contributed by atoms with van der Waals surface area (Å²) in [6.07, 6.45) is 1.47. The summed E-state index contributed by atoms with van der Waals surface area (Å²) in [5.74, 6) is 0.175. The van der Waals surface area contributed by atoms with Crippen molar-refractivity contribution in [2.75, 3.05) is 11.9 Å². The summed E-state index contributed by atoms with van der Waals surface area (Å²) in [5.41, 5.74) is 2.40. The number of anilines is 2. The maximum atomic E-state index is 12.2. The molecular formula is C18H14N4O2S2. The van der Waals surface area contributed by atoms with Crippen LogP contribution in [0.3, 0.4) is 0 Å². The number of thiophene rings is 1. The number of nitrogens with one attached hydrogen (secondary N) is 1. The van der Waals surface area contributed by atoms with Crippen molar-refractivity contribution in [1.82, 2.24) is 15.0 Å². The van der Waals surface area contributed by atoms with Crippen molar-refractivity contribution in [3.05, 3.63) is 53.0 Å². The first kappa shape index (κ1) is 16.6. The van der Waals surface area contributed by atoms with E-state index >= 15 is 0 Å². The maximum absolute atomic E-state index is 12.2. The molecule has 26 heavy (non-hydrogen) atoms. The van der Waals surface area contributed by atoms with Gasteiger partial charge in [0, 0.05) is 16.3 Å². The third-order valence-corrected chi connectivity index (χ3v) is 5.31. The first-order valence-corrected chi connectivity index (χ1v) is 9.69. The number of hydrogen-bond acceptors (Lipinski definition) is 8. The van der Waals surface area contributed by atoms with Crippen molar-refractivity contribution in [2.45, 2.75) is 6.92 Å². The molecule has 4 rings (SSSR count). The van der Waals surface area contributed by atoms with E-state index in [-0.39, 0.29) is 5.97 Å². The molecule has 0 aliphatic rings. The Labute approximate surface area is 157 Å². The van der Waals surface area contributed by atoms with Crippen LogP contribution in [0.2, 0.25) is 0 Å². The van der Waals surface area contributed by atoms with Gasteiger partial charge in [0.25, 0.3) is 0 Å². The monoisotopic (exact) mass is 382 g/mol. The normalized spacial score (nSPS) is 10.8. The van der Waals surface area contributed by atoms with Crippen LogP contribution in [0.1, 0.15) is 17.3 Å². The topological polar surface area (TPSA) is 77.0 Å². The smallest absolute Gasteiger partial charge is 0.339 e. The van der Waals surface area contributed by atoms with Crippen LogP contribution in [0.25, 0.3) is 21.5 Å². The van der Waals surface area contributed by atoms with Gasteiger partial charge in [0.15, 0.2) is 5.13 Å². The molecule has 0 saturated heterocycles. The Kier molecular flexibility index (Phi) is 4.59. The summed E-state index contributed by atoms with van der Waals surface area (Å²) < 4.78 is 5.13. The van der Waals surface area contributed by atoms with E-state index in [4.69, 9.17) is 4.74 Å². The molecule has 3 aromatic heterocycles. The predicted molar refractivity (Wildman–Crippen MR) is 104 cm³/mol. The summed E-state index contributed by atoms with van der Waals surface area (Å²) in [7, 11) is 0. The van der Waals surface area contributed by atoms with Crippen molar-refractivity contribution in [2.24, 2.45) is 0 Å². The number of hydrogen-bond donors (Lipinski definition) is 1. The van der Waals surface area contributed by atoms with Crippen molar-refractivity contribution < 1.29 is 9.53 Å². The van der Waals surface area contributed by atoms with Crippen LogP contribution >= 0.6 is 22.7 Å². The lowest BCUT2D eigenvalue weighted by molar-refractivity contribution is 0.0529. The molecule has 1 N–H and O–H groups in total. The molecule has 6 nitrogen and oxygen atoms in total. The van der Waals surface area contributed by atoms with E-state index in [0.717, 1.165) is 16.1 Å². The molecule has 0 aliphatic carbocycles. The quantitative estimate of drug-likeness (QED) is 0.503. The van der Waals surface area contributed by atoms with Gasteiger partial charge in [-0.05, 0) is 6.92 Å². The first-order valence-electron chi connectivity index (χ1n) is 7.93. The highest BCUT2D eigenvalue weighted by molar-refractivity contribution is 7.17. The van der Waals surface area contributed by atoms with E-state index in [1.807, 2.05) is 35.7 Å². The molecule has 0 bridgehead atoms. The van der Waals surface area contributed by atoms with Gasteiger partial charge in [-0.15, -0.1) is 22.7 Å². The number of rotatable bonds is 5. The maximum Gasteiger partial charge on any atom is 0.339 e. The van der Waals surface area contributed by atoms with Gasteiger partial charge in [-0.25, -0.2) is 19.7 Å². The minimum Gasteiger partial charge on any atom is -0.462 e. The van der Waals surface area contributed by atoms with Crippen molar-refractivity contribution in [3.63, 3.8) is 0 Å². The Hall–Kier alpha value is -2.84. The van der Waals surface area contributed by atoms with Gasteiger partial charge in [0.05, 0.1) is 23.3 Å². The molecular weight excluding hydrogens is 368 g/mol. The van der Waals surface area contributed by atoms with E-state index in [9.17, 15) is 4.79 Å². The number of ether oxygens (including phenoxy) is 1. The SMILES string of the molecule is CCOC(=O)c1csc2ncnc(Nc3nc(-c4ccccc4)cs3)c12. The first-order chi connectivity index (χ1) is 12.8. The second-order valence-corrected chi connectivity index (χ2v) is 7.02. The summed E-state index contributed by atoms with van der Waals surface area (Å²) >= 11 is 2.87. The van der Waals surface area contributed by atoms with Crippen LogP contribution in [-0.2, 0) is 4.74 Å². The van der Waals surface area contributed by atoms with E-state index < -0.39 is 0 Å². The van der Waals surface area contributed by atoms with Crippen LogP contribution in [0, 0.1) is 0 Å². The van der Waals surface area contributed by atoms with E-state index in [2.05, 4.69) is 20.3 Å². The van der Waals surface area contributed by atoms with Crippen LogP contribution < -0.4 is 5.32 Å². The number of carbonyl (C=O) groups excluding carboxylic acids is 1. The number of thiazole rings is 1. The van der Waals surface area contributed by atoms with Crippen LogP contribution in [0.15, 0.2) is 47.4 Å². The van der Waals surface area contributed by atoms with Crippen LogP contribution in [0.4, 0.5) is 10.9 Å². The Balaban J connectivity index is 1.69. The van der Waals surface area contributed by atoms with Crippen molar-refractivity contribution in [3.8, 4) is 11.3 Å². The molecule has 0 aliphatic heterocycles. The number of esters is 1. The van der Waals surface area contributed by atoms with Crippen LogP contribution in [0.5, 0.6) is 0 Å². The lowest BCUT2D eigenvalue weighted by atomic mass is 10.2. The van der Waals surface area contributed by atoms with Gasteiger partial charge in [-0.1, -0.05) is 30.3 Å². The highest BCUT2D eigenvalue weighted by atomic mass is 32.1. The standard InChI is InChI=1S/C18H14N4O2S2/c1-2-24-17(23)12-8-25-16-14(12)15(19-10-20-16)22-18-21-13(9-26-18)11-6-4-3-5-7-11/h3-10H,2H2,1H3,(H,19,20,21,22). The zero-order chi connectivity index (χ0) is 17.9. The fourth-order valence-electron chi connectivity index (χ4n) is 2.50. The van der Waals surface area contributed by atoms with Crippen molar-refractivity contribution >= 4 is 49.8 Å². The number of carbonyl (C=O) groups is 1. The molecule has 0 spiro atoms. The van der Waals surface area contributed by atoms with Crippen LogP contribution in [-0.4, -0.2) is 27.5 Å². The Bertz CT molecular complexity index is 1060. The minimum atomic E-state index is -0.374. The Morgan fingerprint density at radius 3 is 2.81 bits per heavy atom. The third kappa shape index (κ3) is 3.16. The summed E-state index contributed by atoms with van der Waals surface area (Å²) in [5, 5.41) is 8.31. The number of benzene rings is 1. The lowest BCUT2D eigenvalue weighted by Gasteiger charge is -2.05. The second kappa shape index (κ2) is 7.19. The molecule has 8 heteroatoms. The summed E-state index contributed by atoms with van der Waals surface area (Å²) in [6, 6.07) is 9.96. The highest BCUT2D eigenvalue weighted by Crippen LogP contribution is 2.33. The number of fused-ring (bicyclic) bond motifs is 1. The molecule has 0 unspecified atom stereocenters. The van der Waals surface area contributed by atoms with Gasteiger partial charge >= 0.3 is 5.97 Å². The summed E-state index contributed by atoms with van der Waals surface area (Å²) in [4.78, 5) is 26.1. The molecule has 0 radical (unpaired) electrons. The lowest BCUT2D eigenvalue weighted by Crippen LogP contribution is -2.05. The molecule has 0 amide bonds. The van der Waals surface area contributed by atoms with Gasteiger partial charge in [0.1, 0.15) is 17.0 Å². The number of aromatic nitrogens is 3. The fraction of sp³-hybridized carbons (Fsp3) is 0.111. The van der Waals surface area contributed by atoms with Gasteiger partial charge in [0.2, 0.25) is 0 Å². The molecule has 0 saturated carbocycles. The average molecular weight is 382 g/mol. The molecule has 130 valence electrons. The van der Waals surface area contributed by atoms with E-state index in [1.54, 1.807) is 12.3 Å². The predicted octanol–water partition coefficient (Wildman–Crippen LogP) is 4.74. The second-order valence-electron chi connectivity index (χ2n) is 5.30. The molecule has 3 heterocycles. The molecule has 1 aromatic carbocycles. The zero-order valence-electron chi connectivity index (χ0n) is 13.8. The Morgan fingerprint density at radius 1 is 1.15 bits per heavy atom. The van der Waals surface area contributed by atoms with Gasteiger partial charge in [-0.2, -0.15) is 0 Å². The zero-order valence-corrected chi connectivity index (χ0v) is 15.4. The van der Waals surface area contributed by atoms with Crippen molar-refractivity contribution in [1.29, 1.82) is 0 Å². The fourth-order valence-corrected chi connectivity index (χ4v) is 4.10. The highest BCUT2D eigenvalue weighted by Gasteiger charge is 2.19. The molecule has 0 atom stereocenters. The van der Waals surface area contributed by atoms with Gasteiger partial charge < -0.3 is 10.1 Å². The average Bonchev–Trinajstić information content (AvgIpc) is 3.30.